The van der Waals surface area contributed by atoms with Crippen LogP contribution in [0.1, 0.15) is 103 Å². The van der Waals surface area contributed by atoms with Crippen LogP contribution >= 0.6 is 0 Å². The second kappa shape index (κ2) is 15.8. The molecule has 15 rings (SSSR count). The van der Waals surface area contributed by atoms with Crippen LogP contribution in [0.3, 0.4) is 0 Å². The first kappa shape index (κ1) is 45.4. The monoisotopic (exact) mass is 988 g/mol. The highest BCUT2D eigenvalue weighted by molar-refractivity contribution is 7.02. The van der Waals surface area contributed by atoms with Gasteiger partial charge in [-0.2, -0.15) is 0 Å². The molecule has 0 unspecified atom stereocenters. The zero-order valence-electron chi connectivity index (χ0n) is 44.5. The van der Waals surface area contributed by atoms with Gasteiger partial charge in [0.15, 0.2) is 0 Å². The summed E-state index contributed by atoms with van der Waals surface area (Å²) in [6, 6.07) is 49.0. The molecule has 0 radical (unpaired) electrons. The predicted molar refractivity (Wildman–Crippen MR) is 311 cm³/mol. The van der Waals surface area contributed by atoms with E-state index in [2.05, 4.69) is 209 Å². The number of pyridine rings is 4. The molecule has 5 aromatic carbocycles. The summed E-state index contributed by atoms with van der Waals surface area (Å²) in [5, 5.41) is 0. The van der Waals surface area contributed by atoms with Gasteiger partial charge in [-0.3, -0.25) is 19.8 Å². The summed E-state index contributed by atoms with van der Waals surface area (Å²) < 4.78 is 14.1. The molecule has 0 saturated carbocycles. The molecule has 4 aromatic heterocycles. The highest BCUT2D eigenvalue weighted by Crippen LogP contribution is 2.51. The SMILES string of the molecule is CC1(C)CCC(C)(C)c2cc(-c3cc4c5c(n3)N(c3ccccc3)c3cc6c(cc3B5c3ccncc3O4)B3c4ccncc4Oc4cc(-c5ccc7c(c5)C(C)(C)CCC7(C)C)nc(c43)N6c3ccccc3)ccc21. The number of hydrogen-bond donors (Lipinski definition) is 0. The van der Waals surface area contributed by atoms with Crippen LogP contribution in [0.15, 0.2) is 158 Å². The minimum atomic E-state index is -0.219. The maximum absolute atomic E-state index is 7.05. The van der Waals surface area contributed by atoms with Gasteiger partial charge in [-0.25, -0.2) is 9.97 Å². The van der Waals surface area contributed by atoms with E-state index in [0.717, 1.165) is 138 Å². The zero-order valence-corrected chi connectivity index (χ0v) is 44.5. The van der Waals surface area contributed by atoms with Gasteiger partial charge < -0.3 is 9.47 Å². The summed E-state index contributed by atoms with van der Waals surface area (Å²) in [6.45, 7) is 18.7. The molecular weight excluding hydrogens is 930 g/mol. The average molecular weight is 989 g/mol. The Bertz CT molecular complexity index is 3700. The summed E-state index contributed by atoms with van der Waals surface area (Å²) in [5.41, 5.74) is 20.4. The van der Waals surface area contributed by atoms with Gasteiger partial charge in [0.05, 0.1) is 23.8 Å². The topological polar surface area (TPSA) is 76.5 Å². The Hall–Kier alpha value is -7.97. The molecule has 0 amide bonds. The molecule has 0 saturated heterocycles. The van der Waals surface area contributed by atoms with Crippen molar-refractivity contribution in [2.45, 2.75) is 103 Å². The second-order valence-corrected chi connectivity index (χ2v) is 24.8. The molecule has 6 aliphatic rings. The van der Waals surface area contributed by atoms with Crippen LogP contribution in [0.2, 0.25) is 0 Å². The van der Waals surface area contributed by atoms with E-state index in [1.165, 1.54) is 22.3 Å². The molecule has 8 heterocycles. The Kier molecular flexibility index (Phi) is 9.44. The third-order valence-corrected chi connectivity index (χ3v) is 18.3. The van der Waals surface area contributed by atoms with Crippen molar-refractivity contribution in [3.8, 4) is 45.5 Å². The molecule has 4 aliphatic heterocycles. The number of anilines is 6. The average Bonchev–Trinajstić information content (AvgIpc) is 3.43. The largest absolute Gasteiger partial charge is 0.457 e. The molecule has 0 fully saturated rings. The van der Waals surface area contributed by atoms with Crippen molar-refractivity contribution in [2.24, 2.45) is 0 Å². The maximum Gasteiger partial charge on any atom is 0.258 e. The van der Waals surface area contributed by atoms with Gasteiger partial charge in [-0.05, 0) is 146 Å². The fourth-order valence-corrected chi connectivity index (χ4v) is 13.9. The number of benzene rings is 5. The fourth-order valence-electron chi connectivity index (χ4n) is 13.9. The Labute approximate surface area is 446 Å². The summed E-state index contributed by atoms with van der Waals surface area (Å²) in [5.74, 6) is 4.78. The van der Waals surface area contributed by atoms with Crippen molar-refractivity contribution < 1.29 is 9.47 Å². The Morgan fingerprint density at radius 3 is 1.24 bits per heavy atom. The lowest BCUT2D eigenvalue weighted by Crippen LogP contribution is -2.64. The van der Waals surface area contributed by atoms with Crippen LogP contribution in [0.5, 0.6) is 23.0 Å². The third-order valence-electron chi connectivity index (χ3n) is 18.3. The van der Waals surface area contributed by atoms with Gasteiger partial charge >= 0.3 is 0 Å². The lowest BCUT2D eigenvalue weighted by molar-refractivity contribution is 0.332. The number of fused-ring (bicyclic) bond motifs is 10. The number of ether oxygens (including phenoxy) is 2. The second-order valence-electron chi connectivity index (χ2n) is 24.8. The van der Waals surface area contributed by atoms with Crippen molar-refractivity contribution in [3.05, 3.63) is 181 Å². The molecule has 8 nitrogen and oxygen atoms in total. The maximum atomic E-state index is 7.05. The smallest absolute Gasteiger partial charge is 0.258 e. The minimum absolute atomic E-state index is 0.0272. The van der Waals surface area contributed by atoms with Crippen LogP contribution in [0.25, 0.3) is 22.5 Å². The van der Waals surface area contributed by atoms with Gasteiger partial charge in [-0.15, -0.1) is 0 Å². The van der Waals surface area contributed by atoms with Crippen LogP contribution in [-0.2, 0) is 21.7 Å². The van der Waals surface area contributed by atoms with Crippen LogP contribution in [-0.4, -0.2) is 33.4 Å². The number of rotatable bonds is 4. The highest BCUT2D eigenvalue weighted by Gasteiger charge is 2.49. The lowest BCUT2D eigenvalue weighted by Gasteiger charge is -2.43. The Morgan fingerprint density at radius 1 is 0.408 bits per heavy atom. The Morgan fingerprint density at radius 2 is 0.816 bits per heavy atom. The normalized spacial score (nSPS) is 17.8. The number of hydrogen-bond acceptors (Lipinski definition) is 8. The summed E-state index contributed by atoms with van der Waals surface area (Å²) in [4.78, 5) is 25.7. The van der Waals surface area contributed by atoms with Crippen molar-refractivity contribution in [2.75, 3.05) is 9.80 Å². The van der Waals surface area contributed by atoms with E-state index in [9.17, 15) is 0 Å². The van der Waals surface area contributed by atoms with Gasteiger partial charge in [0.1, 0.15) is 34.6 Å². The molecule has 2 aliphatic carbocycles. The molecule has 76 heavy (non-hydrogen) atoms. The van der Waals surface area contributed by atoms with E-state index in [0.29, 0.717) is 0 Å². The standard InChI is InChI=1S/C66H58B2N6O2/c1-63(2)25-27-65(5,6)45-31-39(19-21-43(45)63)51-34-55-59-61(71-51)73(41-15-11-9-12-16-41)53-36-54-50(33-49(53)67(59)47-23-29-69-37-57(47)75-55)68-48-24-30-70-38-58(48)76-56-35-52(72-62(60(56)68)74(54)42-17-13-10-14-18-42)40-20-22-44-46(32-40)66(7,8)28-26-64(44,3)4/h9-24,29-38H,25-28H2,1-8H3. The van der Waals surface area contributed by atoms with Crippen molar-refractivity contribution >= 4 is 80.6 Å². The molecule has 0 spiro atoms. The summed E-state index contributed by atoms with van der Waals surface area (Å²) in [6.07, 6.45) is 12.1. The summed E-state index contributed by atoms with van der Waals surface area (Å²) in [7, 11) is 0. The summed E-state index contributed by atoms with van der Waals surface area (Å²) >= 11 is 0. The van der Waals surface area contributed by atoms with E-state index >= 15 is 0 Å². The fraction of sp³-hybridized carbons (Fsp3) is 0.242. The van der Waals surface area contributed by atoms with E-state index in [-0.39, 0.29) is 35.1 Å². The van der Waals surface area contributed by atoms with Gasteiger partial charge in [0.25, 0.3) is 13.4 Å². The number of nitrogens with zero attached hydrogens (tertiary/aromatic N) is 6. The van der Waals surface area contributed by atoms with Crippen molar-refractivity contribution in [1.82, 2.24) is 19.9 Å². The minimum Gasteiger partial charge on any atom is -0.457 e. The van der Waals surface area contributed by atoms with Gasteiger partial charge in [0.2, 0.25) is 0 Å². The molecule has 0 atom stereocenters. The predicted octanol–water partition coefficient (Wildman–Crippen LogP) is 12.1. The molecule has 0 N–H and O–H groups in total. The van der Waals surface area contributed by atoms with E-state index in [1.807, 2.05) is 24.8 Å². The van der Waals surface area contributed by atoms with E-state index in [1.54, 1.807) is 0 Å². The quantitative estimate of drug-likeness (QED) is 0.161. The first-order chi connectivity index (χ1) is 36.6. The lowest BCUT2D eigenvalue weighted by atomic mass is 9.31. The van der Waals surface area contributed by atoms with Crippen LogP contribution < -0.4 is 52.1 Å². The van der Waals surface area contributed by atoms with E-state index < -0.39 is 0 Å². The van der Waals surface area contributed by atoms with Crippen molar-refractivity contribution in [3.63, 3.8) is 0 Å². The number of aromatic nitrogens is 4. The molecule has 0 bridgehead atoms. The van der Waals surface area contributed by atoms with Crippen molar-refractivity contribution in [1.29, 1.82) is 0 Å². The molecule has 370 valence electrons. The van der Waals surface area contributed by atoms with Crippen LogP contribution in [0.4, 0.5) is 34.4 Å². The zero-order chi connectivity index (χ0) is 51.6. The molecular formula is C66H58B2N6O2. The number of para-hydroxylation sites is 2. The van der Waals surface area contributed by atoms with Gasteiger partial charge in [0, 0.05) is 69.3 Å². The van der Waals surface area contributed by atoms with Crippen LogP contribution in [0, 0.1) is 0 Å². The molecule has 9 aromatic rings. The molecule has 10 heteroatoms. The first-order valence-corrected chi connectivity index (χ1v) is 27.2. The highest BCUT2D eigenvalue weighted by atomic mass is 16.5. The Balaban J connectivity index is 1.000. The first-order valence-electron chi connectivity index (χ1n) is 27.2. The van der Waals surface area contributed by atoms with E-state index in [4.69, 9.17) is 19.4 Å². The third kappa shape index (κ3) is 6.58. The van der Waals surface area contributed by atoms with Gasteiger partial charge in [-0.1, -0.05) is 122 Å².